The zero-order valence-electron chi connectivity index (χ0n) is 15.1. The van der Waals surface area contributed by atoms with Crippen molar-refractivity contribution in [2.75, 3.05) is 24.3 Å². The van der Waals surface area contributed by atoms with Crippen LogP contribution in [0.4, 0.5) is 17.3 Å². The molecule has 0 bridgehead atoms. The summed E-state index contributed by atoms with van der Waals surface area (Å²) in [7, 11) is 3.98. The van der Waals surface area contributed by atoms with Crippen LogP contribution >= 0.6 is 0 Å². The lowest BCUT2D eigenvalue weighted by Gasteiger charge is -2.20. The molecule has 0 radical (unpaired) electrons. The van der Waals surface area contributed by atoms with Crippen molar-refractivity contribution >= 4 is 23.2 Å². The molecule has 0 saturated heterocycles. The van der Waals surface area contributed by atoms with Gasteiger partial charge in [0.2, 0.25) is 5.95 Å². The second-order valence-corrected chi connectivity index (χ2v) is 6.99. The maximum atomic E-state index is 12.3. The molecule has 2 rings (SSSR count). The number of aryl methyl sites for hydroxylation is 1. The molecule has 24 heavy (non-hydrogen) atoms. The first-order chi connectivity index (χ1) is 11.1. The second-order valence-electron chi connectivity index (χ2n) is 6.99. The zero-order chi connectivity index (χ0) is 17.9. The molecule has 1 amide bonds. The highest BCUT2D eigenvalue weighted by Gasteiger charge is 2.17. The number of anilines is 3. The molecular weight excluding hydrogens is 302 g/mol. The Morgan fingerprint density at radius 3 is 2.25 bits per heavy atom. The predicted molar refractivity (Wildman–Crippen MR) is 98.0 cm³/mol. The van der Waals surface area contributed by atoms with E-state index in [1.54, 1.807) is 6.07 Å². The third kappa shape index (κ3) is 4.94. The Morgan fingerprint density at radius 2 is 1.71 bits per heavy atom. The summed E-state index contributed by atoms with van der Waals surface area (Å²) in [5.74, 6) is 0.200. The van der Waals surface area contributed by atoms with Gasteiger partial charge in [0, 0.05) is 36.7 Å². The van der Waals surface area contributed by atoms with E-state index in [0.29, 0.717) is 11.6 Å². The highest BCUT2D eigenvalue weighted by molar-refractivity contribution is 5.93. The summed E-state index contributed by atoms with van der Waals surface area (Å²) in [4.78, 5) is 23.0. The second kappa shape index (κ2) is 6.86. The summed E-state index contributed by atoms with van der Waals surface area (Å²) in [6.45, 7) is 7.65. The van der Waals surface area contributed by atoms with E-state index < -0.39 is 0 Å². The summed E-state index contributed by atoms with van der Waals surface area (Å²) in [5, 5.41) is 6.06. The van der Waals surface area contributed by atoms with Crippen molar-refractivity contribution in [1.82, 2.24) is 15.3 Å². The van der Waals surface area contributed by atoms with E-state index in [4.69, 9.17) is 0 Å². The molecular formula is C18H25N5O. The number of nitrogens with zero attached hydrogens (tertiary/aromatic N) is 3. The molecule has 0 spiro atoms. The number of nitrogens with one attached hydrogen (secondary N) is 2. The van der Waals surface area contributed by atoms with Crippen molar-refractivity contribution in [1.29, 1.82) is 0 Å². The molecule has 128 valence electrons. The van der Waals surface area contributed by atoms with Gasteiger partial charge in [-0.25, -0.2) is 9.97 Å². The van der Waals surface area contributed by atoms with Crippen LogP contribution in [0.2, 0.25) is 0 Å². The minimum Gasteiger partial charge on any atom is -0.378 e. The van der Waals surface area contributed by atoms with Gasteiger partial charge in [0.1, 0.15) is 5.69 Å². The molecule has 1 heterocycles. The average molecular weight is 327 g/mol. The lowest BCUT2D eigenvalue weighted by molar-refractivity contribution is 0.0914. The molecule has 1 aromatic carbocycles. The van der Waals surface area contributed by atoms with Crippen molar-refractivity contribution in [3.8, 4) is 0 Å². The normalized spacial score (nSPS) is 11.1. The molecule has 0 atom stereocenters. The smallest absolute Gasteiger partial charge is 0.270 e. The van der Waals surface area contributed by atoms with Gasteiger partial charge in [0.25, 0.3) is 5.91 Å². The first kappa shape index (κ1) is 17.7. The van der Waals surface area contributed by atoms with E-state index in [0.717, 1.165) is 17.1 Å². The van der Waals surface area contributed by atoms with Crippen LogP contribution in [0.5, 0.6) is 0 Å². The molecule has 0 fully saturated rings. The third-order valence-corrected chi connectivity index (χ3v) is 3.22. The van der Waals surface area contributed by atoms with E-state index in [2.05, 4.69) is 20.6 Å². The summed E-state index contributed by atoms with van der Waals surface area (Å²) < 4.78 is 0. The Hall–Kier alpha value is -2.63. The first-order valence-electron chi connectivity index (χ1n) is 7.87. The topological polar surface area (TPSA) is 70.2 Å². The number of hydrogen-bond acceptors (Lipinski definition) is 5. The van der Waals surface area contributed by atoms with Gasteiger partial charge in [-0.05, 0) is 58.0 Å². The number of carbonyl (C=O) groups is 1. The van der Waals surface area contributed by atoms with Crippen molar-refractivity contribution in [2.24, 2.45) is 0 Å². The van der Waals surface area contributed by atoms with E-state index in [9.17, 15) is 4.79 Å². The minimum atomic E-state index is -0.314. The molecule has 2 N–H and O–H groups in total. The van der Waals surface area contributed by atoms with Crippen LogP contribution < -0.4 is 15.5 Å². The monoisotopic (exact) mass is 327 g/mol. The van der Waals surface area contributed by atoms with Gasteiger partial charge in [-0.3, -0.25) is 4.79 Å². The van der Waals surface area contributed by atoms with Gasteiger partial charge in [0.05, 0.1) is 0 Å². The molecule has 0 aliphatic carbocycles. The predicted octanol–water partition coefficient (Wildman–Crippen LogP) is 3.12. The van der Waals surface area contributed by atoms with E-state index in [-0.39, 0.29) is 11.4 Å². The molecule has 0 aliphatic rings. The van der Waals surface area contributed by atoms with E-state index in [1.807, 2.05) is 71.0 Å². The van der Waals surface area contributed by atoms with E-state index >= 15 is 0 Å². The summed E-state index contributed by atoms with van der Waals surface area (Å²) in [5.41, 5.74) is 2.75. The van der Waals surface area contributed by atoms with Crippen LogP contribution in [0.15, 0.2) is 30.3 Å². The van der Waals surface area contributed by atoms with E-state index in [1.165, 1.54) is 0 Å². The Bertz CT molecular complexity index is 717. The SMILES string of the molecule is Cc1cc(C(=O)NC(C)(C)C)nc(Nc2ccc(N(C)C)cc2)n1. The average Bonchev–Trinajstić information content (AvgIpc) is 2.45. The quantitative estimate of drug-likeness (QED) is 0.903. The molecule has 0 saturated carbocycles. The zero-order valence-corrected chi connectivity index (χ0v) is 15.1. The van der Waals surface area contributed by atoms with Crippen LogP contribution in [0.1, 0.15) is 37.0 Å². The van der Waals surface area contributed by atoms with Gasteiger partial charge in [-0.1, -0.05) is 0 Å². The summed E-state index contributed by atoms with van der Waals surface area (Å²) >= 11 is 0. The van der Waals surface area contributed by atoms with Crippen molar-refractivity contribution < 1.29 is 4.79 Å². The van der Waals surface area contributed by atoms with Crippen LogP contribution in [-0.4, -0.2) is 35.5 Å². The lowest BCUT2D eigenvalue weighted by atomic mass is 10.1. The van der Waals surface area contributed by atoms with Gasteiger partial charge in [-0.2, -0.15) is 0 Å². The number of carbonyl (C=O) groups excluding carboxylic acids is 1. The standard InChI is InChI=1S/C18H25N5O/c1-12-11-15(16(24)22-18(2,3)4)21-17(19-12)20-13-7-9-14(10-8-13)23(5)6/h7-11H,1-6H3,(H,22,24)(H,19,20,21). The molecule has 0 unspecified atom stereocenters. The molecule has 0 aliphatic heterocycles. The van der Waals surface area contributed by atoms with Gasteiger partial charge < -0.3 is 15.5 Å². The number of aromatic nitrogens is 2. The molecule has 6 nitrogen and oxygen atoms in total. The van der Waals surface area contributed by atoms with Crippen LogP contribution in [-0.2, 0) is 0 Å². The van der Waals surface area contributed by atoms with Crippen molar-refractivity contribution in [3.05, 3.63) is 41.7 Å². The Balaban J connectivity index is 2.20. The largest absolute Gasteiger partial charge is 0.378 e. The number of benzene rings is 1. The first-order valence-corrected chi connectivity index (χ1v) is 7.87. The Kier molecular flexibility index (Phi) is 5.07. The summed E-state index contributed by atoms with van der Waals surface area (Å²) in [6.07, 6.45) is 0. The Morgan fingerprint density at radius 1 is 1.08 bits per heavy atom. The minimum absolute atomic E-state index is 0.209. The molecule has 2 aromatic rings. The highest BCUT2D eigenvalue weighted by atomic mass is 16.2. The summed E-state index contributed by atoms with van der Waals surface area (Å²) in [6, 6.07) is 9.60. The number of rotatable bonds is 4. The van der Waals surface area contributed by atoms with Crippen LogP contribution in [0, 0.1) is 6.92 Å². The van der Waals surface area contributed by atoms with Gasteiger partial charge in [0.15, 0.2) is 0 Å². The molecule has 6 heteroatoms. The fourth-order valence-electron chi connectivity index (χ4n) is 2.12. The van der Waals surface area contributed by atoms with Crippen LogP contribution in [0.3, 0.4) is 0 Å². The number of hydrogen-bond donors (Lipinski definition) is 2. The third-order valence-electron chi connectivity index (χ3n) is 3.22. The number of amides is 1. The van der Waals surface area contributed by atoms with Crippen molar-refractivity contribution in [3.63, 3.8) is 0 Å². The highest BCUT2D eigenvalue weighted by Crippen LogP contribution is 2.18. The Labute approximate surface area is 143 Å². The fraction of sp³-hybridized carbons (Fsp3) is 0.389. The maximum Gasteiger partial charge on any atom is 0.270 e. The lowest BCUT2D eigenvalue weighted by Crippen LogP contribution is -2.41. The fourth-order valence-corrected chi connectivity index (χ4v) is 2.12. The van der Waals surface area contributed by atoms with Gasteiger partial charge >= 0.3 is 0 Å². The van der Waals surface area contributed by atoms with Gasteiger partial charge in [-0.15, -0.1) is 0 Å². The van der Waals surface area contributed by atoms with Crippen molar-refractivity contribution in [2.45, 2.75) is 33.2 Å². The maximum absolute atomic E-state index is 12.3. The molecule has 1 aromatic heterocycles. The van der Waals surface area contributed by atoms with Crippen LogP contribution in [0.25, 0.3) is 0 Å².